The van der Waals surface area contributed by atoms with E-state index < -0.39 is 17.9 Å². The Hall–Kier alpha value is -1.85. The normalized spacial score (nSPS) is 9.70. The lowest BCUT2D eigenvalue weighted by molar-refractivity contribution is -0.154. The minimum Gasteiger partial charge on any atom is -0.481 e. The molecule has 6 nitrogen and oxygen atoms in total. The van der Waals surface area contributed by atoms with Gasteiger partial charge >= 0.3 is 17.9 Å². The molecule has 0 aromatic heterocycles. The summed E-state index contributed by atoms with van der Waals surface area (Å²) in [5.74, 6) is -4.00. The average Bonchev–Trinajstić information content (AvgIpc) is 2.45. The van der Waals surface area contributed by atoms with Gasteiger partial charge in [-0.3, -0.25) is 14.4 Å². The van der Waals surface area contributed by atoms with E-state index in [-0.39, 0.29) is 12.4 Å². The van der Waals surface area contributed by atoms with Crippen LogP contribution in [-0.4, -0.2) is 28.1 Å². The lowest BCUT2D eigenvalue weighted by atomic mass is 10.0. The van der Waals surface area contributed by atoms with E-state index in [1.165, 1.54) is 39.0 Å². The van der Waals surface area contributed by atoms with Gasteiger partial charge in [0.05, 0.1) is 6.26 Å². The molecule has 0 atom stereocenters. The number of aliphatic carboxylic acids is 2. The van der Waals surface area contributed by atoms with Crippen LogP contribution in [0.3, 0.4) is 0 Å². The van der Waals surface area contributed by atoms with Crippen molar-refractivity contribution in [2.24, 2.45) is 5.92 Å². The SMILES string of the molecule is C=COC(C)=O.CCCCCCCCCCC(C(=O)O)C(=O)O. The first-order chi connectivity index (χ1) is 10.9. The minimum atomic E-state index is -1.23. The molecule has 0 saturated heterocycles. The summed E-state index contributed by atoms with van der Waals surface area (Å²) in [4.78, 5) is 30.9. The lowest BCUT2D eigenvalue weighted by Crippen LogP contribution is -2.23. The molecular formula is C17H30O6. The molecule has 6 heteroatoms. The van der Waals surface area contributed by atoms with Gasteiger partial charge in [-0.2, -0.15) is 0 Å². The summed E-state index contributed by atoms with van der Waals surface area (Å²) in [5.41, 5.74) is 0. The molecule has 2 N–H and O–H groups in total. The van der Waals surface area contributed by atoms with Crippen molar-refractivity contribution in [1.82, 2.24) is 0 Å². The second-order valence-electron chi connectivity index (χ2n) is 5.27. The number of unbranched alkanes of at least 4 members (excludes halogenated alkanes) is 7. The van der Waals surface area contributed by atoms with Crippen LogP contribution >= 0.6 is 0 Å². The Labute approximate surface area is 138 Å². The Morgan fingerprint density at radius 3 is 1.70 bits per heavy atom. The second-order valence-corrected chi connectivity index (χ2v) is 5.27. The molecule has 0 aliphatic carbocycles. The molecular weight excluding hydrogens is 300 g/mol. The molecule has 0 radical (unpaired) electrons. The number of esters is 1. The predicted molar refractivity (Wildman–Crippen MR) is 88.0 cm³/mol. The van der Waals surface area contributed by atoms with Crippen LogP contribution in [0.1, 0.15) is 71.6 Å². The number of carboxylic acid groups (broad SMARTS) is 2. The second kappa shape index (κ2) is 16.5. The molecule has 0 aliphatic heterocycles. The summed E-state index contributed by atoms with van der Waals surface area (Å²) in [5, 5.41) is 17.3. The van der Waals surface area contributed by atoms with Gasteiger partial charge in [-0.25, -0.2) is 0 Å². The number of carbonyl (C=O) groups is 3. The van der Waals surface area contributed by atoms with Crippen molar-refractivity contribution in [1.29, 1.82) is 0 Å². The minimum absolute atomic E-state index is 0.250. The van der Waals surface area contributed by atoms with Crippen LogP contribution in [0, 0.1) is 5.92 Å². The largest absolute Gasteiger partial charge is 0.481 e. The van der Waals surface area contributed by atoms with Crippen molar-refractivity contribution < 1.29 is 29.3 Å². The monoisotopic (exact) mass is 330 g/mol. The van der Waals surface area contributed by atoms with Crippen molar-refractivity contribution in [3.63, 3.8) is 0 Å². The molecule has 0 amide bonds. The Morgan fingerprint density at radius 1 is 0.957 bits per heavy atom. The Morgan fingerprint density at radius 2 is 1.39 bits per heavy atom. The first kappa shape index (κ1) is 23.4. The van der Waals surface area contributed by atoms with Gasteiger partial charge in [0.15, 0.2) is 5.92 Å². The van der Waals surface area contributed by atoms with Gasteiger partial charge in [-0.15, -0.1) is 0 Å². The topological polar surface area (TPSA) is 101 Å². The smallest absolute Gasteiger partial charge is 0.317 e. The van der Waals surface area contributed by atoms with E-state index in [0.717, 1.165) is 19.1 Å². The molecule has 0 aromatic rings. The van der Waals surface area contributed by atoms with Gasteiger partial charge in [-0.1, -0.05) is 64.9 Å². The van der Waals surface area contributed by atoms with Crippen LogP contribution in [0.25, 0.3) is 0 Å². The maximum Gasteiger partial charge on any atom is 0.317 e. The van der Waals surface area contributed by atoms with Gasteiger partial charge in [0.1, 0.15) is 0 Å². The van der Waals surface area contributed by atoms with Crippen LogP contribution < -0.4 is 0 Å². The molecule has 23 heavy (non-hydrogen) atoms. The van der Waals surface area contributed by atoms with Crippen LogP contribution in [0.4, 0.5) is 0 Å². The Balaban J connectivity index is 0. The third-order valence-electron chi connectivity index (χ3n) is 3.19. The van der Waals surface area contributed by atoms with Gasteiger partial charge < -0.3 is 14.9 Å². The van der Waals surface area contributed by atoms with Crippen LogP contribution in [0.5, 0.6) is 0 Å². The maximum atomic E-state index is 10.6. The molecule has 134 valence electrons. The molecule has 0 rings (SSSR count). The van der Waals surface area contributed by atoms with Crippen LogP contribution in [-0.2, 0) is 19.1 Å². The number of hydrogen-bond acceptors (Lipinski definition) is 4. The predicted octanol–water partition coefficient (Wildman–Crippen LogP) is 4.00. The van der Waals surface area contributed by atoms with Crippen molar-refractivity contribution >= 4 is 17.9 Å². The van der Waals surface area contributed by atoms with E-state index >= 15 is 0 Å². The highest BCUT2D eigenvalue weighted by atomic mass is 16.5. The van der Waals surface area contributed by atoms with E-state index in [9.17, 15) is 14.4 Å². The lowest BCUT2D eigenvalue weighted by Gasteiger charge is -2.06. The first-order valence-corrected chi connectivity index (χ1v) is 8.10. The average molecular weight is 330 g/mol. The Kier molecular flexibility index (Phi) is 16.8. The summed E-state index contributed by atoms with van der Waals surface area (Å²) in [6, 6.07) is 0. The van der Waals surface area contributed by atoms with E-state index in [0.29, 0.717) is 6.42 Å². The van der Waals surface area contributed by atoms with E-state index in [2.05, 4.69) is 18.2 Å². The zero-order chi connectivity index (χ0) is 18.1. The van der Waals surface area contributed by atoms with Crippen LogP contribution in [0.2, 0.25) is 0 Å². The maximum absolute atomic E-state index is 10.6. The molecule has 0 fully saturated rings. The molecule has 0 aromatic carbocycles. The molecule has 0 aliphatic rings. The fourth-order valence-electron chi connectivity index (χ4n) is 1.95. The summed E-state index contributed by atoms with van der Waals surface area (Å²) < 4.78 is 4.17. The number of ether oxygens (including phenoxy) is 1. The quantitative estimate of drug-likeness (QED) is 0.243. The fraction of sp³-hybridized carbons (Fsp3) is 0.706. The first-order valence-electron chi connectivity index (χ1n) is 8.10. The molecule has 0 heterocycles. The molecule has 0 saturated carbocycles. The van der Waals surface area contributed by atoms with E-state index in [1.54, 1.807) is 0 Å². The Bertz CT molecular complexity index is 337. The number of carbonyl (C=O) groups excluding carboxylic acids is 1. The molecule has 0 unspecified atom stereocenters. The van der Waals surface area contributed by atoms with Crippen molar-refractivity contribution in [3.8, 4) is 0 Å². The van der Waals surface area contributed by atoms with Gasteiger partial charge in [0.2, 0.25) is 0 Å². The highest BCUT2D eigenvalue weighted by molar-refractivity contribution is 5.92. The van der Waals surface area contributed by atoms with Crippen molar-refractivity contribution in [2.75, 3.05) is 0 Å². The summed E-state index contributed by atoms with van der Waals surface area (Å²) in [6.45, 7) is 6.66. The highest BCUT2D eigenvalue weighted by Crippen LogP contribution is 2.13. The van der Waals surface area contributed by atoms with Gasteiger partial charge in [0, 0.05) is 6.92 Å². The van der Waals surface area contributed by atoms with Gasteiger partial charge in [0.25, 0.3) is 0 Å². The standard InChI is InChI=1S/C13H24O4.C4H6O2/c1-2-3-4-5-6-7-8-9-10-11(12(14)15)13(16)17;1-3-6-4(2)5/h11H,2-10H2,1H3,(H,14,15)(H,16,17);3H,1H2,2H3. The third kappa shape index (κ3) is 18.1. The zero-order valence-corrected chi connectivity index (χ0v) is 14.3. The van der Waals surface area contributed by atoms with Crippen molar-refractivity contribution in [2.45, 2.75) is 71.6 Å². The van der Waals surface area contributed by atoms with E-state index in [1.807, 2.05) is 0 Å². The summed E-state index contributed by atoms with van der Waals surface area (Å²) in [7, 11) is 0. The summed E-state index contributed by atoms with van der Waals surface area (Å²) in [6.07, 6.45) is 10.2. The number of hydrogen-bond donors (Lipinski definition) is 2. The molecule has 0 spiro atoms. The third-order valence-corrected chi connectivity index (χ3v) is 3.19. The van der Waals surface area contributed by atoms with Crippen LogP contribution in [0.15, 0.2) is 12.8 Å². The number of rotatable bonds is 12. The fourth-order valence-corrected chi connectivity index (χ4v) is 1.95. The highest BCUT2D eigenvalue weighted by Gasteiger charge is 2.24. The van der Waals surface area contributed by atoms with Gasteiger partial charge in [-0.05, 0) is 6.42 Å². The van der Waals surface area contributed by atoms with E-state index in [4.69, 9.17) is 10.2 Å². The zero-order valence-electron chi connectivity index (χ0n) is 14.3. The number of carboxylic acids is 2. The molecule has 0 bridgehead atoms. The summed E-state index contributed by atoms with van der Waals surface area (Å²) >= 11 is 0. The van der Waals surface area contributed by atoms with Crippen molar-refractivity contribution in [3.05, 3.63) is 12.8 Å².